The van der Waals surface area contributed by atoms with Crippen LogP contribution in [0.1, 0.15) is 24.0 Å². The first-order chi connectivity index (χ1) is 15.7. The van der Waals surface area contributed by atoms with E-state index in [-0.39, 0.29) is 24.3 Å². The minimum absolute atomic E-state index is 0.0118. The SMILES string of the molecule is COc1ccc(S(=O)(=O)N2C(=O)CC[C@@H]2C(=O)NCCc2ccc(OC)c(OC)c2)cc1C. The predicted molar refractivity (Wildman–Crippen MR) is 121 cm³/mol. The van der Waals surface area contributed by atoms with Gasteiger partial charge in [0.15, 0.2) is 11.5 Å². The van der Waals surface area contributed by atoms with Crippen LogP contribution in [-0.2, 0) is 26.0 Å². The number of amides is 2. The van der Waals surface area contributed by atoms with E-state index in [1.165, 1.54) is 25.3 Å². The molecule has 3 rings (SSSR count). The van der Waals surface area contributed by atoms with E-state index in [0.29, 0.717) is 33.5 Å². The van der Waals surface area contributed by atoms with Crippen molar-refractivity contribution in [2.24, 2.45) is 0 Å². The molecule has 0 radical (unpaired) electrons. The fraction of sp³-hybridized carbons (Fsp3) is 0.391. The number of nitrogens with zero attached hydrogens (tertiary/aromatic N) is 1. The van der Waals surface area contributed by atoms with Crippen LogP contribution in [-0.4, -0.2) is 58.5 Å². The molecule has 0 spiro atoms. The summed E-state index contributed by atoms with van der Waals surface area (Å²) in [5, 5.41) is 2.75. The number of hydrogen-bond donors (Lipinski definition) is 1. The maximum Gasteiger partial charge on any atom is 0.267 e. The number of carbonyl (C=O) groups excluding carboxylic acids is 2. The highest BCUT2D eigenvalue weighted by molar-refractivity contribution is 7.89. The van der Waals surface area contributed by atoms with Gasteiger partial charge in [-0.25, -0.2) is 12.7 Å². The molecule has 9 nitrogen and oxygen atoms in total. The molecule has 1 saturated heterocycles. The number of sulfonamides is 1. The maximum atomic E-state index is 13.2. The van der Waals surface area contributed by atoms with Crippen LogP contribution in [0.4, 0.5) is 0 Å². The Hall–Kier alpha value is -3.27. The van der Waals surface area contributed by atoms with E-state index in [4.69, 9.17) is 14.2 Å². The highest BCUT2D eigenvalue weighted by atomic mass is 32.2. The summed E-state index contributed by atoms with van der Waals surface area (Å²) in [7, 11) is 0.393. The zero-order valence-electron chi connectivity index (χ0n) is 19.1. The highest BCUT2D eigenvalue weighted by Crippen LogP contribution is 2.30. The van der Waals surface area contributed by atoms with Crippen molar-refractivity contribution in [3.05, 3.63) is 47.5 Å². The van der Waals surface area contributed by atoms with Gasteiger partial charge < -0.3 is 19.5 Å². The molecule has 1 atom stereocenters. The summed E-state index contributed by atoms with van der Waals surface area (Å²) in [6.07, 6.45) is 0.620. The average molecular weight is 477 g/mol. The second-order valence-electron chi connectivity index (χ2n) is 7.61. The molecule has 1 fully saturated rings. The number of carbonyl (C=O) groups is 2. The third kappa shape index (κ3) is 5.05. The highest BCUT2D eigenvalue weighted by Gasteiger charge is 2.44. The molecule has 2 aromatic rings. The first kappa shape index (κ1) is 24.4. The lowest BCUT2D eigenvalue weighted by molar-refractivity contribution is -0.130. The Balaban J connectivity index is 1.71. The molecule has 10 heteroatoms. The van der Waals surface area contributed by atoms with E-state index >= 15 is 0 Å². The predicted octanol–water partition coefficient (Wildman–Crippen LogP) is 2.06. The van der Waals surface area contributed by atoms with Gasteiger partial charge in [-0.3, -0.25) is 9.59 Å². The third-order valence-corrected chi connectivity index (χ3v) is 7.37. The van der Waals surface area contributed by atoms with Crippen molar-refractivity contribution in [2.75, 3.05) is 27.9 Å². The molecule has 0 saturated carbocycles. The summed E-state index contributed by atoms with van der Waals surface area (Å²) in [6.45, 7) is 1.98. The van der Waals surface area contributed by atoms with Crippen LogP contribution in [0.3, 0.4) is 0 Å². The number of hydrogen-bond acceptors (Lipinski definition) is 7. The van der Waals surface area contributed by atoms with Crippen molar-refractivity contribution >= 4 is 21.8 Å². The molecule has 1 heterocycles. The van der Waals surface area contributed by atoms with Crippen LogP contribution in [0.25, 0.3) is 0 Å². The van der Waals surface area contributed by atoms with E-state index in [0.717, 1.165) is 5.56 Å². The minimum Gasteiger partial charge on any atom is -0.496 e. The first-order valence-corrected chi connectivity index (χ1v) is 11.9. The molecule has 0 aromatic heterocycles. The molecule has 2 aromatic carbocycles. The van der Waals surface area contributed by atoms with Crippen molar-refractivity contribution in [1.29, 1.82) is 0 Å². The Morgan fingerprint density at radius 3 is 2.33 bits per heavy atom. The van der Waals surface area contributed by atoms with Gasteiger partial charge >= 0.3 is 0 Å². The molecule has 178 valence electrons. The van der Waals surface area contributed by atoms with Gasteiger partial charge in [-0.15, -0.1) is 0 Å². The Bertz CT molecular complexity index is 1150. The molecule has 0 unspecified atom stereocenters. The number of methoxy groups -OCH3 is 3. The molecule has 1 aliphatic heterocycles. The van der Waals surface area contributed by atoms with Crippen molar-refractivity contribution in [3.8, 4) is 17.2 Å². The lowest BCUT2D eigenvalue weighted by atomic mass is 10.1. The van der Waals surface area contributed by atoms with Gasteiger partial charge in [-0.1, -0.05) is 6.07 Å². The van der Waals surface area contributed by atoms with Crippen molar-refractivity contribution in [3.63, 3.8) is 0 Å². The third-order valence-electron chi connectivity index (χ3n) is 5.55. The Labute approximate surface area is 193 Å². The average Bonchev–Trinajstić information content (AvgIpc) is 3.21. The van der Waals surface area contributed by atoms with Crippen LogP contribution in [0.2, 0.25) is 0 Å². The van der Waals surface area contributed by atoms with Crippen molar-refractivity contribution in [2.45, 2.75) is 37.1 Å². The topological polar surface area (TPSA) is 111 Å². The summed E-state index contributed by atoms with van der Waals surface area (Å²) in [5.41, 5.74) is 1.52. The zero-order chi connectivity index (χ0) is 24.2. The summed E-state index contributed by atoms with van der Waals surface area (Å²) in [4.78, 5) is 25.2. The molecule has 0 bridgehead atoms. The van der Waals surface area contributed by atoms with Gasteiger partial charge in [0.2, 0.25) is 11.8 Å². The summed E-state index contributed by atoms with van der Waals surface area (Å²) in [5.74, 6) is 0.615. The Morgan fingerprint density at radius 2 is 1.70 bits per heavy atom. The fourth-order valence-electron chi connectivity index (χ4n) is 3.81. The number of benzene rings is 2. The standard InChI is InChI=1S/C23H28N2O7S/c1-15-13-17(6-9-19(15)30-2)33(28,29)25-18(7-10-22(25)26)23(27)24-12-11-16-5-8-20(31-3)21(14-16)32-4/h5-6,8-9,13-14,18H,7,10-12H2,1-4H3,(H,24,27)/t18-/m1/s1. The number of rotatable bonds is 9. The monoisotopic (exact) mass is 476 g/mol. The largest absolute Gasteiger partial charge is 0.496 e. The number of aryl methyl sites for hydroxylation is 1. The fourth-order valence-corrected chi connectivity index (χ4v) is 5.50. The quantitative estimate of drug-likeness (QED) is 0.590. The van der Waals surface area contributed by atoms with Gasteiger partial charge in [0.05, 0.1) is 26.2 Å². The van der Waals surface area contributed by atoms with Crippen LogP contribution in [0.5, 0.6) is 17.2 Å². The lowest BCUT2D eigenvalue weighted by Crippen LogP contribution is -2.47. The van der Waals surface area contributed by atoms with E-state index in [1.54, 1.807) is 27.2 Å². The van der Waals surface area contributed by atoms with E-state index in [2.05, 4.69) is 5.32 Å². The first-order valence-electron chi connectivity index (χ1n) is 10.4. The van der Waals surface area contributed by atoms with Crippen LogP contribution in [0.15, 0.2) is 41.3 Å². The van der Waals surface area contributed by atoms with Crippen LogP contribution in [0, 0.1) is 6.92 Å². The normalized spacial score (nSPS) is 15.9. The zero-order valence-corrected chi connectivity index (χ0v) is 19.9. The van der Waals surface area contributed by atoms with Crippen LogP contribution >= 0.6 is 0 Å². The lowest BCUT2D eigenvalue weighted by Gasteiger charge is -2.24. The van der Waals surface area contributed by atoms with E-state index in [1.807, 2.05) is 12.1 Å². The summed E-state index contributed by atoms with van der Waals surface area (Å²) >= 11 is 0. The Kier molecular flexibility index (Phi) is 7.47. The van der Waals surface area contributed by atoms with Crippen molar-refractivity contribution < 1.29 is 32.2 Å². The molecule has 1 aliphatic rings. The second-order valence-corrected chi connectivity index (χ2v) is 9.43. The second kappa shape index (κ2) is 10.1. The van der Waals surface area contributed by atoms with Gasteiger partial charge in [-0.05, 0) is 61.2 Å². The van der Waals surface area contributed by atoms with Gasteiger partial charge in [0.25, 0.3) is 10.0 Å². The smallest absolute Gasteiger partial charge is 0.267 e. The molecule has 2 amide bonds. The number of ether oxygens (including phenoxy) is 3. The van der Waals surface area contributed by atoms with Gasteiger partial charge in [0, 0.05) is 13.0 Å². The summed E-state index contributed by atoms with van der Waals surface area (Å²) in [6, 6.07) is 8.69. The maximum absolute atomic E-state index is 13.2. The minimum atomic E-state index is -4.19. The van der Waals surface area contributed by atoms with E-state index < -0.39 is 27.9 Å². The molecule has 0 aliphatic carbocycles. The van der Waals surface area contributed by atoms with Crippen molar-refractivity contribution in [1.82, 2.24) is 9.62 Å². The molecular weight excluding hydrogens is 448 g/mol. The van der Waals surface area contributed by atoms with Gasteiger partial charge in [-0.2, -0.15) is 0 Å². The Morgan fingerprint density at radius 1 is 1.03 bits per heavy atom. The van der Waals surface area contributed by atoms with E-state index in [9.17, 15) is 18.0 Å². The van der Waals surface area contributed by atoms with Crippen LogP contribution < -0.4 is 19.5 Å². The van der Waals surface area contributed by atoms with Gasteiger partial charge in [0.1, 0.15) is 11.8 Å². The molecule has 33 heavy (non-hydrogen) atoms. The summed E-state index contributed by atoms with van der Waals surface area (Å²) < 4.78 is 42.8. The number of nitrogens with one attached hydrogen (secondary N) is 1. The molecule has 1 N–H and O–H groups in total. The molecular formula is C23H28N2O7S.